The minimum atomic E-state index is -0.358. The third kappa shape index (κ3) is 2.33. The number of ether oxygens (including phenoxy) is 1. The van der Waals surface area contributed by atoms with E-state index in [1.54, 1.807) is 25.6 Å². The largest absolute Gasteiger partial charge is 0.495 e. The average molecular weight is 246 g/mol. The molecule has 94 valence electrons. The van der Waals surface area contributed by atoms with Gasteiger partial charge in [0.15, 0.2) is 0 Å². The fourth-order valence-electron chi connectivity index (χ4n) is 1.97. The number of aromatic nitrogens is 1. The second-order valence-electron chi connectivity index (χ2n) is 4.10. The molecule has 0 bridgehead atoms. The molecule has 0 aliphatic carbocycles. The van der Waals surface area contributed by atoms with Crippen LogP contribution in [0.4, 0.5) is 4.39 Å². The number of halogens is 1. The van der Waals surface area contributed by atoms with Gasteiger partial charge in [0.05, 0.1) is 19.3 Å². The van der Waals surface area contributed by atoms with Crippen molar-refractivity contribution in [3.05, 3.63) is 59.2 Å². The lowest BCUT2D eigenvalue weighted by Crippen LogP contribution is -2.14. The molecule has 0 fully saturated rings. The third-order valence-corrected chi connectivity index (χ3v) is 2.94. The maximum atomic E-state index is 13.1. The number of benzene rings is 1. The smallest absolute Gasteiger partial charge is 0.142 e. The van der Waals surface area contributed by atoms with Gasteiger partial charge in [-0.05, 0) is 36.2 Å². The van der Waals surface area contributed by atoms with E-state index >= 15 is 0 Å². The Balaban J connectivity index is 2.44. The molecular weight excluding hydrogens is 231 g/mol. The number of aryl methyl sites for hydroxylation is 1. The van der Waals surface area contributed by atoms with Crippen LogP contribution in [-0.2, 0) is 0 Å². The molecule has 3 nitrogen and oxygen atoms in total. The number of rotatable bonds is 3. The van der Waals surface area contributed by atoms with Gasteiger partial charge in [-0.2, -0.15) is 0 Å². The summed E-state index contributed by atoms with van der Waals surface area (Å²) < 4.78 is 18.3. The standard InChI is InChI=1S/C14H15FN2O/c1-9-7-10(15)3-4-11(9)14(16)12-5-6-17-8-13(12)18-2/h3-8,14H,16H2,1-2H3. The van der Waals surface area contributed by atoms with Crippen LogP contribution < -0.4 is 10.5 Å². The summed E-state index contributed by atoms with van der Waals surface area (Å²) >= 11 is 0. The van der Waals surface area contributed by atoms with E-state index in [1.807, 2.05) is 13.0 Å². The first-order valence-electron chi connectivity index (χ1n) is 5.63. The molecule has 1 unspecified atom stereocenters. The minimum Gasteiger partial charge on any atom is -0.495 e. The first kappa shape index (κ1) is 12.5. The first-order valence-corrected chi connectivity index (χ1v) is 5.63. The zero-order chi connectivity index (χ0) is 13.1. The van der Waals surface area contributed by atoms with E-state index in [4.69, 9.17) is 10.5 Å². The van der Waals surface area contributed by atoms with E-state index in [0.29, 0.717) is 5.75 Å². The molecule has 18 heavy (non-hydrogen) atoms. The first-order chi connectivity index (χ1) is 8.63. The molecule has 0 saturated carbocycles. The monoisotopic (exact) mass is 246 g/mol. The van der Waals surface area contributed by atoms with E-state index in [-0.39, 0.29) is 11.9 Å². The van der Waals surface area contributed by atoms with Crippen molar-refractivity contribution in [1.82, 2.24) is 4.98 Å². The van der Waals surface area contributed by atoms with E-state index < -0.39 is 0 Å². The van der Waals surface area contributed by atoms with Gasteiger partial charge >= 0.3 is 0 Å². The highest BCUT2D eigenvalue weighted by Crippen LogP contribution is 2.29. The van der Waals surface area contributed by atoms with Crippen molar-refractivity contribution in [2.24, 2.45) is 5.73 Å². The van der Waals surface area contributed by atoms with Crippen LogP contribution >= 0.6 is 0 Å². The summed E-state index contributed by atoms with van der Waals surface area (Å²) in [5.74, 6) is 0.374. The number of methoxy groups -OCH3 is 1. The Morgan fingerprint density at radius 3 is 2.72 bits per heavy atom. The predicted octanol–water partition coefficient (Wildman–Crippen LogP) is 2.59. The molecule has 1 aromatic heterocycles. The van der Waals surface area contributed by atoms with E-state index in [9.17, 15) is 4.39 Å². The van der Waals surface area contributed by atoms with Crippen LogP contribution in [0.15, 0.2) is 36.7 Å². The highest BCUT2D eigenvalue weighted by molar-refractivity contribution is 5.42. The Hall–Kier alpha value is -1.94. The van der Waals surface area contributed by atoms with Gasteiger partial charge in [0, 0.05) is 11.8 Å². The van der Waals surface area contributed by atoms with Crippen molar-refractivity contribution < 1.29 is 9.13 Å². The van der Waals surface area contributed by atoms with Crippen LogP contribution in [0, 0.1) is 12.7 Å². The third-order valence-electron chi connectivity index (χ3n) is 2.94. The molecule has 2 aromatic rings. The molecule has 4 heteroatoms. The molecule has 0 aliphatic heterocycles. The van der Waals surface area contributed by atoms with Crippen molar-refractivity contribution in [3.8, 4) is 5.75 Å². The molecule has 1 aromatic carbocycles. The summed E-state index contributed by atoms with van der Waals surface area (Å²) in [4.78, 5) is 3.99. The van der Waals surface area contributed by atoms with Crippen LogP contribution in [0.1, 0.15) is 22.7 Å². The minimum absolute atomic E-state index is 0.259. The maximum Gasteiger partial charge on any atom is 0.142 e. The van der Waals surface area contributed by atoms with E-state index in [0.717, 1.165) is 16.7 Å². The lowest BCUT2D eigenvalue weighted by atomic mass is 9.96. The normalized spacial score (nSPS) is 12.2. The van der Waals surface area contributed by atoms with Gasteiger partial charge in [-0.15, -0.1) is 0 Å². The summed E-state index contributed by atoms with van der Waals surface area (Å²) in [7, 11) is 1.57. The summed E-state index contributed by atoms with van der Waals surface area (Å²) in [6, 6.07) is 6.05. The van der Waals surface area contributed by atoms with Gasteiger partial charge in [0.2, 0.25) is 0 Å². The van der Waals surface area contributed by atoms with Crippen molar-refractivity contribution in [1.29, 1.82) is 0 Å². The van der Waals surface area contributed by atoms with Crippen LogP contribution in [0.5, 0.6) is 5.75 Å². The number of hydrogen-bond acceptors (Lipinski definition) is 3. The fourth-order valence-corrected chi connectivity index (χ4v) is 1.97. The van der Waals surface area contributed by atoms with Crippen LogP contribution in [-0.4, -0.2) is 12.1 Å². The SMILES string of the molecule is COc1cnccc1C(N)c1ccc(F)cc1C. The predicted molar refractivity (Wildman–Crippen MR) is 68.0 cm³/mol. The highest BCUT2D eigenvalue weighted by Gasteiger charge is 2.16. The summed E-state index contributed by atoms with van der Waals surface area (Å²) in [5.41, 5.74) is 8.75. The van der Waals surface area contributed by atoms with Crippen LogP contribution in [0.25, 0.3) is 0 Å². The van der Waals surface area contributed by atoms with Gasteiger partial charge in [0.25, 0.3) is 0 Å². The lowest BCUT2D eigenvalue weighted by molar-refractivity contribution is 0.406. The molecule has 1 heterocycles. The van der Waals surface area contributed by atoms with Crippen molar-refractivity contribution in [3.63, 3.8) is 0 Å². The quantitative estimate of drug-likeness (QED) is 0.905. The molecule has 2 rings (SSSR count). The zero-order valence-electron chi connectivity index (χ0n) is 10.4. The summed E-state index contributed by atoms with van der Waals surface area (Å²) in [6.45, 7) is 1.84. The van der Waals surface area contributed by atoms with Gasteiger partial charge in [-0.1, -0.05) is 6.07 Å². The fraction of sp³-hybridized carbons (Fsp3) is 0.214. The van der Waals surface area contributed by atoms with Gasteiger partial charge < -0.3 is 10.5 Å². The van der Waals surface area contributed by atoms with Crippen molar-refractivity contribution in [2.75, 3.05) is 7.11 Å². The highest BCUT2D eigenvalue weighted by atomic mass is 19.1. The lowest BCUT2D eigenvalue weighted by Gasteiger charge is -2.17. The van der Waals surface area contributed by atoms with Gasteiger partial charge in [0.1, 0.15) is 11.6 Å². The van der Waals surface area contributed by atoms with E-state index in [2.05, 4.69) is 4.98 Å². The number of nitrogens with zero attached hydrogens (tertiary/aromatic N) is 1. The molecule has 0 aliphatic rings. The molecule has 0 amide bonds. The Kier molecular flexibility index (Phi) is 3.58. The number of pyridine rings is 1. The Bertz CT molecular complexity index is 557. The second kappa shape index (κ2) is 5.14. The molecule has 2 N–H and O–H groups in total. The van der Waals surface area contributed by atoms with Crippen molar-refractivity contribution >= 4 is 0 Å². The molecule has 0 spiro atoms. The Morgan fingerprint density at radius 1 is 1.28 bits per heavy atom. The zero-order valence-corrected chi connectivity index (χ0v) is 10.4. The van der Waals surface area contributed by atoms with Crippen molar-refractivity contribution in [2.45, 2.75) is 13.0 Å². The van der Waals surface area contributed by atoms with Gasteiger partial charge in [-0.25, -0.2) is 4.39 Å². The second-order valence-corrected chi connectivity index (χ2v) is 4.10. The Morgan fingerprint density at radius 2 is 2.06 bits per heavy atom. The summed E-state index contributed by atoms with van der Waals surface area (Å²) in [6.07, 6.45) is 3.28. The number of nitrogens with two attached hydrogens (primary N) is 1. The summed E-state index contributed by atoms with van der Waals surface area (Å²) in [5, 5.41) is 0. The molecule has 0 radical (unpaired) electrons. The van der Waals surface area contributed by atoms with Crippen LogP contribution in [0.2, 0.25) is 0 Å². The number of hydrogen-bond donors (Lipinski definition) is 1. The molecule has 0 saturated heterocycles. The topological polar surface area (TPSA) is 48.1 Å². The molecule has 1 atom stereocenters. The average Bonchev–Trinajstić information content (AvgIpc) is 2.38. The van der Waals surface area contributed by atoms with E-state index in [1.165, 1.54) is 12.1 Å². The Labute approximate surface area is 105 Å². The molecular formula is C14H15FN2O. The maximum absolute atomic E-state index is 13.1. The van der Waals surface area contributed by atoms with Crippen LogP contribution in [0.3, 0.4) is 0 Å². The van der Waals surface area contributed by atoms with Gasteiger partial charge in [-0.3, -0.25) is 4.98 Å².